The van der Waals surface area contributed by atoms with Gasteiger partial charge < -0.3 is 19.7 Å². The molecule has 0 spiro atoms. The fourth-order valence-corrected chi connectivity index (χ4v) is 5.32. The normalized spacial score (nSPS) is 15.5. The van der Waals surface area contributed by atoms with Crippen molar-refractivity contribution < 1.29 is 22.7 Å². The van der Waals surface area contributed by atoms with Crippen molar-refractivity contribution in [2.75, 3.05) is 47.9 Å². The van der Waals surface area contributed by atoms with Crippen LogP contribution in [0.2, 0.25) is 0 Å². The number of ether oxygens (including phenoxy) is 2. The number of rotatable bonds is 9. The molecule has 1 amide bonds. The molecule has 0 bridgehead atoms. The van der Waals surface area contributed by atoms with Gasteiger partial charge in [-0.3, -0.25) is 4.79 Å². The van der Waals surface area contributed by atoms with Crippen LogP contribution in [0, 0.1) is 0 Å². The lowest BCUT2D eigenvalue weighted by Crippen LogP contribution is -2.34. The van der Waals surface area contributed by atoms with E-state index in [2.05, 4.69) is 5.32 Å². The summed E-state index contributed by atoms with van der Waals surface area (Å²) >= 11 is 0. The van der Waals surface area contributed by atoms with E-state index in [0.29, 0.717) is 36.7 Å². The number of benzene rings is 2. The van der Waals surface area contributed by atoms with Gasteiger partial charge in [0.1, 0.15) is 0 Å². The molecule has 1 aliphatic heterocycles. The minimum absolute atomic E-state index is 0.0893. The van der Waals surface area contributed by atoms with Crippen LogP contribution in [0.4, 0.5) is 0 Å². The summed E-state index contributed by atoms with van der Waals surface area (Å²) < 4.78 is 37.5. The Morgan fingerprint density at radius 2 is 1.66 bits per heavy atom. The first-order valence-corrected chi connectivity index (χ1v) is 12.0. The third kappa shape index (κ3) is 5.23. The van der Waals surface area contributed by atoms with E-state index in [9.17, 15) is 13.2 Å². The van der Waals surface area contributed by atoms with Crippen LogP contribution in [0.3, 0.4) is 0 Å². The van der Waals surface area contributed by atoms with Crippen LogP contribution in [-0.2, 0) is 10.0 Å². The Hall–Kier alpha value is -2.62. The smallest absolute Gasteiger partial charge is 0.251 e. The van der Waals surface area contributed by atoms with Crippen LogP contribution < -0.4 is 14.8 Å². The minimum Gasteiger partial charge on any atom is -0.493 e. The molecule has 2 aromatic rings. The number of hydrogen-bond acceptors (Lipinski definition) is 6. The largest absolute Gasteiger partial charge is 0.493 e. The Bertz CT molecular complexity index is 1030. The van der Waals surface area contributed by atoms with Gasteiger partial charge in [-0.15, -0.1) is 0 Å². The van der Waals surface area contributed by atoms with Crippen molar-refractivity contribution in [1.29, 1.82) is 0 Å². The predicted molar refractivity (Wildman–Crippen MR) is 123 cm³/mol. The van der Waals surface area contributed by atoms with E-state index in [1.807, 2.05) is 37.2 Å². The Balaban J connectivity index is 1.69. The van der Waals surface area contributed by atoms with Gasteiger partial charge in [-0.05, 0) is 68.9 Å². The second kappa shape index (κ2) is 10.3. The number of methoxy groups -OCH3 is 2. The van der Waals surface area contributed by atoms with Gasteiger partial charge in [-0.2, -0.15) is 4.31 Å². The number of sulfonamides is 1. The van der Waals surface area contributed by atoms with Crippen LogP contribution in [0.5, 0.6) is 11.5 Å². The lowest BCUT2D eigenvalue weighted by atomic mass is 10.0. The molecule has 0 aliphatic carbocycles. The molecule has 0 unspecified atom stereocenters. The second-order valence-corrected chi connectivity index (χ2v) is 9.88. The Morgan fingerprint density at radius 1 is 1.03 bits per heavy atom. The van der Waals surface area contributed by atoms with Gasteiger partial charge in [0, 0.05) is 25.2 Å². The van der Waals surface area contributed by atoms with Crippen molar-refractivity contribution in [3.8, 4) is 11.5 Å². The van der Waals surface area contributed by atoms with Gasteiger partial charge in [-0.1, -0.05) is 6.07 Å². The molecule has 3 rings (SSSR count). The van der Waals surface area contributed by atoms with Crippen LogP contribution in [-0.4, -0.2) is 71.5 Å². The molecular weight excluding hydrogens is 430 g/mol. The molecule has 9 heteroatoms. The summed E-state index contributed by atoms with van der Waals surface area (Å²) in [6.07, 6.45) is 1.76. The zero-order valence-corrected chi connectivity index (χ0v) is 19.8. The van der Waals surface area contributed by atoms with Crippen molar-refractivity contribution >= 4 is 15.9 Å². The van der Waals surface area contributed by atoms with Gasteiger partial charge in [-0.25, -0.2) is 8.42 Å². The van der Waals surface area contributed by atoms with Crippen molar-refractivity contribution in [3.63, 3.8) is 0 Å². The third-order valence-electron chi connectivity index (χ3n) is 5.69. The Morgan fingerprint density at radius 3 is 2.22 bits per heavy atom. The number of amides is 1. The first kappa shape index (κ1) is 24.0. The number of likely N-dealkylation sites (N-methyl/N-ethyl adjacent to an activating group) is 1. The van der Waals surface area contributed by atoms with Crippen LogP contribution in [0.25, 0.3) is 0 Å². The highest BCUT2D eigenvalue weighted by molar-refractivity contribution is 7.89. The molecule has 0 radical (unpaired) electrons. The first-order valence-electron chi connectivity index (χ1n) is 10.5. The summed E-state index contributed by atoms with van der Waals surface area (Å²) in [6, 6.07) is 11.7. The highest BCUT2D eigenvalue weighted by Gasteiger charge is 2.27. The van der Waals surface area contributed by atoms with E-state index in [-0.39, 0.29) is 16.8 Å². The average molecular weight is 462 g/mol. The number of carbonyl (C=O) groups is 1. The van der Waals surface area contributed by atoms with Crippen molar-refractivity contribution in [1.82, 2.24) is 14.5 Å². The Kier molecular flexibility index (Phi) is 7.76. The van der Waals surface area contributed by atoms with Crippen molar-refractivity contribution in [2.45, 2.75) is 23.8 Å². The van der Waals surface area contributed by atoms with Crippen molar-refractivity contribution in [2.24, 2.45) is 0 Å². The summed E-state index contributed by atoms with van der Waals surface area (Å²) in [5.41, 5.74) is 1.38. The number of hydrogen-bond donors (Lipinski definition) is 1. The molecule has 1 fully saturated rings. The predicted octanol–water partition coefficient (Wildman–Crippen LogP) is 2.52. The number of nitrogens with zero attached hydrogens (tertiary/aromatic N) is 2. The topological polar surface area (TPSA) is 88.2 Å². The summed E-state index contributed by atoms with van der Waals surface area (Å²) in [6.45, 7) is 1.47. The quantitative estimate of drug-likeness (QED) is 0.617. The number of carbonyl (C=O) groups excluding carboxylic acids is 1. The molecule has 1 atom stereocenters. The maximum Gasteiger partial charge on any atom is 0.251 e. The van der Waals surface area contributed by atoms with Crippen LogP contribution in [0.15, 0.2) is 47.4 Å². The molecule has 174 valence electrons. The SMILES string of the molecule is COc1ccc([C@H](CNC(=O)c2ccc(S(=O)(=O)N3CCCC3)cc2)N(C)C)cc1OC. The molecule has 8 nitrogen and oxygen atoms in total. The molecular formula is C23H31N3O5S. The van der Waals surface area contributed by atoms with E-state index in [4.69, 9.17) is 9.47 Å². The highest BCUT2D eigenvalue weighted by Crippen LogP contribution is 2.31. The third-order valence-corrected chi connectivity index (χ3v) is 7.60. The highest BCUT2D eigenvalue weighted by atomic mass is 32.2. The zero-order valence-electron chi connectivity index (χ0n) is 19.0. The fraction of sp³-hybridized carbons (Fsp3) is 0.435. The summed E-state index contributed by atoms with van der Waals surface area (Å²) in [4.78, 5) is 14.9. The molecule has 1 N–H and O–H groups in total. The summed E-state index contributed by atoms with van der Waals surface area (Å²) in [7, 11) is 3.55. The lowest BCUT2D eigenvalue weighted by Gasteiger charge is -2.26. The zero-order chi connectivity index (χ0) is 23.3. The van der Waals surface area contributed by atoms with E-state index in [0.717, 1.165) is 18.4 Å². The van der Waals surface area contributed by atoms with Crippen LogP contribution in [0.1, 0.15) is 34.8 Å². The molecule has 0 aromatic heterocycles. The van der Waals surface area contributed by atoms with Gasteiger partial charge in [0.25, 0.3) is 5.91 Å². The van der Waals surface area contributed by atoms with Gasteiger partial charge >= 0.3 is 0 Å². The number of nitrogens with one attached hydrogen (secondary N) is 1. The first-order chi connectivity index (χ1) is 15.3. The maximum absolute atomic E-state index is 12.7. The van der Waals surface area contributed by atoms with Gasteiger partial charge in [0.05, 0.1) is 25.2 Å². The van der Waals surface area contributed by atoms with E-state index in [1.165, 1.54) is 16.4 Å². The summed E-state index contributed by atoms with van der Waals surface area (Å²) in [5, 5.41) is 2.95. The lowest BCUT2D eigenvalue weighted by molar-refractivity contribution is 0.0941. The summed E-state index contributed by atoms with van der Waals surface area (Å²) in [5.74, 6) is 1.00. The van der Waals surface area contributed by atoms with E-state index < -0.39 is 10.0 Å². The molecule has 0 saturated carbocycles. The second-order valence-electron chi connectivity index (χ2n) is 7.94. The Labute approximate surface area is 190 Å². The average Bonchev–Trinajstić information content (AvgIpc) is 3.34. The molecule has 32 heavy (non-hydrogen) atoms. The van der Waals surface area contributed by atoms with Gasteiger partial charge in [0.2, 0.25) is 10.0 Å². The maximum atomic E-state index is 12.7. The molecule has 1 heterocycles. The molecule has 1 saturated heterocycles. The molecule has 2 aromatic carbocycles. The van der Waals surface area contributed by atoms with E-state index >= 15 is 0 Å². The molecule has 1 aliphatic rings. The minimum atomic E-state index is -3.49. The van der Waals surface area contributed by atoms with E-state index in [1.54, 1.807) is 26.4 Å². The van der Waals surface area contributed by atoms with Crippen LogP contribution >= 0.6 is 0 Å². The van der Waals surface area contributed by atoms with Gasteiger partial charge in [0.15, 0.2) is 11.5 Å². The monoisotopic (exact) mass is 461 g/mol. The van der Waals surface area contributed by atoms with Crippen molar-refractivity contribution in [3.05, 3.63) is 53.6 Å². The fourth-order valence-electron chi connectivity index (χ4n) is 3.81. The standard InChI is InChI=1S/C23H31N3O5S/c1-25(2)20(18-9-12-21(30-3)22(15-18)31-4)16-24-23(27)17-7-10-19(11-8-17)32(28,29)26-13-5-6-14-26/h7-12,15,20H,5-6,13-14,16H2,1-4H3,(H,24,27)/t20-/m0/s1.